The average Bonchev–Trinajstić information content (AvgIpc) is 2.86. The molecule has 1 aromatic carbocycles. The molecule has 0 spiro atoms. The maximum Gasteiger partial charge on any atom is 0.263 e. The third-order valence-corrected chi connectivity index (χ3v) is 3.88. The fraction of sp³-hybridized carbons (Fsp3) is 0.500. The standard InChI is InChI=1S/C14H19BrN2O2/c1-10(19-13-4-2-3-12(15)7-13)14(18)17-6-5-11(8-16)9-17/h2-4,7,10-11H,5-6,8-9,16H2,1H3/t10-,11-/m0/s1. The van der Waals surface area contributed by atoms with Gasteiger partial charge in [0.15, 0.2) is 6.10 Å². The Balaban J connectivity index is 1.93. The highest BCUT2D eigenvalue weighted by atomic mass is 79.9. The van der Waals surface area contributed by atoms with Crippen molar-refractivity contribution in [3.63, 3.8) is 0 Å². The molecule has 0 aliphatic carbocycles. The summed E-state index contributed by atoms with van der Waals surface area (Å²) in [5, 5.41) is 0. The van der Waals surface area contributed by atoms with Gasteiger partial charge >= 0.3 is 0 Å². The average molecular weight is 327 g/mol. The molecule has 0 bridgehead atoms. The molecule has 2 rings (SSSR count). The Hall–Kier alpha value is -1.07. The molecule has 19 heavy (non-hydrogen) atoms. The maximum absolute atomic E-state index is 12.2. The quantitative estimate of drug-likeness (QED) is 0.921. The number of carbonyl (C=O) groups is 1. The van der Waals surface area contributed by atoms with Gasteiger partial charge in [-0.3, -0.25) is 4.79 Å². The van der Waals surface area contributed by atoms with Crippen LogP contribution in [0, 0.1) is 5.92 Å². The summed E-state index contributed by atoms with van der Waals surface area (Å²) in [6.45, 7) is 3.97. The first-order chi connectivity index (χ1) is 9.10. The first-order valence-corrected chi connectivity index (χ1v) is 7.30. The third-order valence-electron chi connectivity index (χ3n) is 3.39. The largest absolute Gasteiger partial charge is 0.481 e. The number of rotatable bonds is 4. The van der Waals surface area contributed by atoms with E-state index in [2.05, 4.69) is 15.9 Å². The summed E-state index contributed by atoms with van der Waals surface area (Å²) in [6, 6.07) is 7.51. The lowest BCUT2D eigenvalue weighted by Crippen LogP contribution is -2.39. The zero-order valence-electron chi connectivity index (χ0n) is 11.0. The van der Waals surface area contributed by atoms with Gasteiger partial charge in [0, 0.05) is 17.6 Å². The molecule has 1 aliphatic heterocycles. The van der Waals surface area contributed by atoms with Crippen LogP contribution in [-0.4, -0.2) is 36.5 Å². The van der Waals surface area contributed by atoms with E-state index in [9.17, 15) is 4.79 Å². The minimum Gasteiger partial charge on any atom is -0.481 e. The Morgan fingerprint density at radius 1 is 1.63 bits per heavy atom. The molecule has 0 radical (unpaired) electrons. The maximum atomic E-state index is 12.2. The minimum atomic E-state index is -0.467. The van der Waals surface area contributed by atoms with Gasteiger partial charge in [0.05, 0.1) is 0 Å². The smallest absolute Gasteiger partial charge is 0.263 e. The second-order valence-corrected chi connectivity index (χ2v) is 5.81. The van der Waals surface area contributed by atoms with Crippen molar-refractivity contribution in [3.8, 4) is 5.75 Å². The molecule has 104 valence electrons. The molecule has 1 heterocycles. The van der Waals surface area contributed by atoms with Crippen LogP contribution in [0.3, 0.4) is 0 Å². The van der Waals surface area contributed by atoms with Gasteiger partial charge in [-0.15, -0.1) is 0 Å². The number of halogens is 1. The van der Waals surface area contributed by atoms with Crippen LogP contribution in [0.1, 0.15) is 13.3 Å². The molecule has 1 aromatic rings. The lowest BCUT2D eigenvalue weighted by molar-refractivity contribution is -0.136. The first-order valence-electron chi connectivity index (χ1n) is 6.51. The molecule has 2 atom stereocenters. The number of hydrogen-bond donors (Lipinski definition) is 1. The lowest BCUT2D eigenvalue weighted by Gasteiger charge is -2.21. The molecule has 1 aliphatic rings. The van der Waals surface area contributed by atoms with Gasteiger partial charge in [-0.2, -0.15) is 0 Å². The second-order valence-electron chi connectivity index (χ2n) is 4.89. The van der Waals surface area contributed by atoms with Crippen LogP contribution in [0.5, 0.6) is 5.75 Å². The van der Waals surface area contributed by atoms with E-state index in [1.165, 1.54) is 0 Å². The fourth-order valence-electron chi connectivity index (χ4n) is 2.28. The number of carbonyl (C=O) groups excluding carboxylic acids is 1. The minimum absolute atomic E-state index is 0.0379. The van der Waals surface area contributed by atoms with Gasteiger partial charge in [0.2, 0.25) is 0 Å². The van der Waals surface area contributed by atoms with Crippen molar-refractivity contribution in [2.75, 3.05) is 19.6 Å². The lowest BCUT2D eigenvalue weighted by atomic mass is 10.1. The normalized spacial score (nSPS) is 20.4. The van der Waals surface area contributed by atoms with Gasteiger partial charge < -0.3 is 15.4 Å². The number of nitrogens with two attached hydrogens (primary N) is 1. The number of benzene rings is 1. The number of ether oxygens (including phenoxy) is 1. The van der Waals surface area contributed by atoms with E-state index in [4.69, 9.17) is 10.5 Å². The van der Waals surface area contributed by atoms with Crippen LogP contribution in [0.25, 0.3) is 0 Å². The Labute approximate surface area is 122 Å². The predicted molar refractivity (Wildman–Crippen MR) is 78.0 cm³/mol. The summed E-state index contributed by atoms with van der Waals surface area (Å²) in [6.07, 6.45) is 0.525. The van der Waals surface area contributed by atoms with Crippen molar-refractivity contribution in [1.29, 1.82) is 0 Å². The van der Waals surface area contributed by atoms with Gasteiger partial charge in [-0.25, -0.2) is 0 Å². The number of amides is 1. The summed E-state index contributed by atoms with van der Waals surface area (Å²) >= 11 is 3.38. The van der Waals surface area contributed by atoms with E-state index in [1.54, 1.807) is 6.92 Å². The van der Waals surface area contributed by atoms with Crippen LogP contribution in [0.4, 0.5) is 0 Å². The molecule has 2 N–H and O–H groups in total. The van der Waals surface area contributed by atoms with Gasteiger partial charge in [-0.1, -0.05) is 22.0 Å². The molecule has 4 nitrogen and oxygen atoms in total. The Kier molecular flexibility index (Phi) is 4.82. The highest BCUT2D eigenvalue weighted by molar-refractivity contribution is 9.10. The zero-order valence-corrected chi connectivity index (χ0v) is 12.6. The molecular formula is C14H19BrN2O2. The van der Waals surface area contributed by atoms with Gasteiger partial charge in [-0.05, 0) is 44.0 Å². The highest BCUT2D eigenvalue weighted by Crippen LogP contribution is 2.21. The third kappa shape index (κ3) is 3.70. The van der Waals surface area contributed by atoms with E-state index in [0.29, 0.717) is 18.2 Å². The Bertz CT molecular complexity index is 453. The Morgan fingerprint density at radius 3 is 3.05 bits per heavy atom. The number of hydrogen-bond acceptors (Lipinski definition) is 3. The van der Waals surface area contributed by atoms with E-state index in [1.807, 2.05) is 29.2 Å². The van der Waals surface area contributed by atoms with Crippen molar-refractivity contribution in [1.82, 2.24) is 4.90 Å². The van der Waals surface area contributed by atoms with Gasteiger partial charge in [0.1, 0.15) is 5.75 Å². The van der Waals surface area contributed by atoms with Crippen molar-refractivity contribution in [3.05, 3.63) is 28.7 Å². The molecule has 0 aromatic heterocycles. The fourth-order valence-corrected chi connectivity index (χ4v) is 2.66. The van der Waals surface area contributed by atoms with Crippen LogP contribution < -0.4 is 10.5 Å². The van der Waals surface area contributed by atoms with E-state index < -0.39 is 6.10 Å². The molecule has 5 heteroatoms. The summed E-state index contributed by atoms with van der Waals surface area (Å²) < 4.78 is 6.62. The molecular weight excluding hydrogens is 308 g/mol. The van der Waals surface area contributed by atoms with E-state index in [-0.39, 0.29) is 5.91 Å². The van der Waals surface area contributed by atoms with E-state index in [0.717, 1.165) is 24.0 Å². The molecule has 1 saturated heterocycles. The van der Waals surface area contributed by atoms with Crippen molar-refractivity contribution in [2.45, 2.75) is 19.4 Å². The molecule has 0 saturated carbocycles. The summed E-state index contributed by atoms with van der Waals surface area (Å²) in [4.78, 5) is 14.1. The Morgan fingerprint density at radius 2 is 2.42 bits per heavy atom. The second kappa shape index (κ2) is 6.39. The van der Waals surface area contributed by atoms with Gasteiger partial charge in [0.25, 0.3) is 5.91 Å². The van der Waals surface area contributed by atoms with Crippen molar-refractivity contribution < 1.29 is 9.53 Å². The van der Waals surface area contributed by atoms with Crippen LogP contribution in [0.2, 0.25) is 0 Å². The van der Waals surface area contributed by atoms with Crippen LogP contribution in [-0.2, 0) is 4.79 Å². The van der Waals surface area contributed by atoms with Crippen LogP contribution >= 0.6 is 15.9 Å². The predicted octanol–water partition coefficient (Wildman–Crippen LogP) is 2.02. The molecule has 1 amide bonds. The zero-order chi connectivity index (χ0) is 13.8. The van der Waals surface area contributed by atoms with Crippen molar-refractivity contribution >= 4 is 21.8 Å². The first kappa shape index (κ1) is 14.3. The molecule has 0 unspecified atom stereocenters. The topological polar surface area (TPSA) is 55.6 Å². The highest BCUT2D eigenvalue weighted by Gasteiger charge is 2.29. The SMILES string of the molecule is C[C@H](Oc1cccc(Br)c1)C(=O)N1CC[C@@H](CN)C1. The number of likely N-dealkylation sites (tertiary alicyclic amines) is 1. The van der Waals surface area contributed by atoms with E-state index >= 15 is 0 Å². The summed E-state index contributed by atoms with van der Waals surface area (Å²) in [5.74, 6) is 1.17. The molecule has 1 fully saturated rings. The van der Waals surface area contributed by atoms with Crippen LogP contribution in [0.15, 0.2) is 28.7 Å². The summed E-state index contributed by atoms with van der Waals surface area (Å²) in [5.41, 5.74) is 5.64. The van der Waals surface area contributed by atoms with Crippen molar-refractivity contribution in [2.24, 2.45) is 11.7 Å². The summed E-state index contributed by atoms with van der Waals surface area (Å²) in [7, 11) is 0. The monoisotopic (exact) mass is 326 g/mol. The number of nitrogens with zero attached hydrogens (tertiary/aromatic N) is 1.